The van der Waals surface area contributed by atoms with Crippen LogP contribution < -0.4 is 11.1 Å². The zero-order valence-electron chi connectivity index (χ0n) is 14.2. The van der Waals surface area contributed by atoms with Crippen molar-refractivity contribution in [1.82, 2.24) is 19.9 Å². The van der Waals surface area contributed by atoms with Gasteiger partial charge in [-0.2, -0.15) is 4.52 Å². The maximum Gasteiger partial charge on any atom is 0.251 e. The van der Waals surface area contributed by atoms with Gasteiger partial charge in [0, 0.05) is 11.6 Å². The number of hydrogen-bond acceptors (Lipinski definition) is 5. The topological polar surface area (TPSA) is 85.3 Å². The van der Waals surface area contributed by atoms with Crippen LogP contribution in [0.1, 0.15) is 48.0 Å². The molecule has 3 heterocycles. The molecule has 0 spiro atoms. The molecule has 3 aromatic rings. The lowest BCUT2D eigenvalue weighted by Gasteiger charge is -2.22. The number of nitrogen functional groups attached to an aromatic ring is 1. The van der Waals surface area contributed by atoms with E-state index in [-0.39, 0.29) is 11.9 Å². The predicted octanol–water partition coefficient (Wildman–Crippen LogP) is 3.41. The Morgan fingerprint density at radius 3 is 2.84 bits per heavy atom. The predicted molar refractivity (Wildman–Crippen MR) is 99.8 cm³/mol. The Labute approximate surface area is 150 Å². The monoisotopic (exact) mass is 355 g/mol. The van der Waals surface area contributed by atoms with Crippen LogP contribution in [0.4, 0.5) is 5.82 Å². The second-order valence-corrected chi connectivity index (χ2v) is 7.53. The van der Waals surface area contributed by atoms with Gasteiger partial charge in [-0.25, -0.2) is 4.98 Å². The molecule has 25 heavy (non-hydrogen) atoms. The van der Waals surface area contributed by atoms with E-state index in [1.54, 1.807) is 28.0 Å². The first-order valence-electron chi connectivity index (χ1n) is 8.63. The number of nitrogens with zero attached hydrogens (tertiary/aromatic N) is 3. The zero-order valence-corrected chi connectivity index (χ0v) is 15.0. The first-order valence-corrected chi connectivity index (χ1v) is 9.51. The molecule has 7 heteroatoms. The molecule has 0 unspecified atom stereocenters. The third-order valence-corrected chi connectivity index (χ3v) is 5.74. The van der Waals surface area contributed by atoms with E-state index in [0.29, 0.717) is 22.9 Å². The summed E-state index contributed by atoms with van der Waals surface area (Å²) >= 11 is 1.60. The minimum absolute atomic E-state index is 0.0852. The van der Waals surface area contributed by atoms with Crippen LogP contribution in [0, 0.1) is 6.92 Å². The summed E-state index contributed by atoms with van der Waals surface area (Å²) in [6.45, 7) is 2.03. The van der Waals surface area contributed by atoms with Gasteiger partial charge in [-0.1, -0.05) is 19.3 Å². The van der Waals surface area contributed by atoms with Crippen molar-refractivity contribution in [3.05, 3.63) is 34.7 Å². The molecule has 4 rings (SSSR count). The standard InChI is InChI=1S/C18H21N5OS/c1-11-7-8-25-16(11)17-21-15-10-12(9-14(19)23(15)22-17)18(24)20-13-5-3-2-4-6-13/h7-10,13H,2-6,19H2,1H3,(H,20,24). The average molecular weight is 355 g/mol. The van der Waals surface area contributed by atoms with Crippen molar-refractivity contribution in [3.63, 3.8) is 0 Å². The lowest BCUT2D eigenvalue weighted by atomic mass is 9.95. The minimum atomic E-state index is -0.0852. The summed E-state index contributed by atoms with van der Waals surface area (Å²) in [6, 6.07) is 5.73. The Morgan fingerprint density at radius 1 is 1.32 bits per heavy atom. The SMILES string of the molecule is Cc1ccsc1-c1nc2cc(C(=O)NC3CCCCC3)cc(N)n2n1. The van der Waals surface area contributed by atoms with Crippen LogP contribution in [0.15, 0.2) is 23.6 Å². The fourth-order valence-corrected chi connectivity index (χ4v) is 4.21. The number of pyridine rings is 1. The number of hydrogen-bond donors (Lipinski definition) is 2. The molecular weight excluding hydrogens is 334 g/mol. The second kappa shape index (κ2) is 6.48. The number of fused-ring (bicyclic) bond motifs is 1. The number of carbonyl (C=O) groups is 1. The quantitative estimate of drug-likeness (QED) is 0.754. The van der Waals surface area contributed by atoms with E-state index in [1.807, 2.05) is 18.4 Å². The fraction of sp³-hybridized carbons (Fsp3) is 0.389. The Kier molecular flexibility index (Phi) is 4.17. The van der Waals surface area contributed by atoms with Crippen LogP contribution in [-0.4, -0.2) is 26.5 Å². The second-order valence-electron chi connectivity index (χ2n) is 6.62. The first kappa shape index (κ1) is 16.1. The number of anilines is 1. The number of aryl methyl sites for hydroxylation is 1. The summed E-state index contributed by atoms with van der Waals surface area (Å²) in [4.78, 5) is 18.2. The van der Waals surface area contributed by atoms with Gasteiger partial charge >= 0.3 is 0 Å². The lowest BCUT2D eigenvalue weighted by molar-refractivity contribution is 0.0927. The Balaban J connectivity index is 1.64. The van der Waals surface area contributed by atoms with Gasteiger partial charge < -0.3 is 11.1 Å². The molecule has 0 aliphatic heterocycles. The van der Waals surface area contributed by atoms with E-state index in [4.69, 9.17) is 5.73 Å². The third kappa shape index (κ3) is 3.11. The summed E-state index contributed by atoms with van der Waals surface area (Å²) in [5, 5.41) is 9.63. The van der Waals surface area contributed by atoms with Crippen molar-refractivity contribution < 1.29 is 4.79 Å². The van der Waals surface area contributed by atoms with Crippen molar-refractivity contribution in [2.45, 2.75) is 45.1 Å². The largest absolute Gasteiger partial charge is 0.384 e. The lowest BCUT2D eigenvalue weighted by Crippen LogP contribution is -2.36. The van der Waals surface area contributed by atoms with Crippen LogP contribution in [-0.2, 0) is 0 Å². The highest BCUT2D eigenvalue weighted by molar-refractivity contribution is 7.13. The molecule has 0 aromatic carbocycles. The summed E-state index contributed by atoms with van der Waals surface area (Å²) in [5.74, 6) is 0.973. The van der Waals surface area contributed by atoms with Gasteiger partial charge in [0.15, 0.2) is 11.5 Å². The minimum Gasteiger partial charge on any atom is -0.384 e. The number of aromatic nitrogens is 3. The molecule has 1 saturated carbocycles. The van der Waals surface area contributed by atoms with Crippen molar-refractivity contribution in [2.24, 2.45) is 0 Å². The Bertz CT molecular complexity index is 923. The van der Waals surface area contributed by atoms with Crippen molar-refractivity contribution in [1.29, 1.82) is 0 Å². The van der Waals surface area contributed by atoms with E-state index in [0.717, 1.165) is 23.3 Å². The molecule has 1 aliphatic carbocycles. The Hall–Kier alpha value is -2.41. The third-order valence-electron chi connectivity index (χ3n) is 4.73. The summed E-state index contributed by atoms with van der Waals surface area (Å²) in [7, 11) is 0. The van der Waals surface area contributed by atoms with Crippen LogP contribution in [0.5, 0.6) is 0 Å². The van der Waals surface area contributed by atoms with Gasteiger partial charge in [-0.05, 0) is 48.9 Å². The van der Waals surface area contributed by atoms with Crippen molar-refractivity contribution in [2.75, 3.05) is 5.73 Å². The molecule has 0 radical (unpaired) electrons. The number of thiophene rings is 1. The van der Waals surface area contributed by atoms with Gasteiger partial charge in [0.2, 0.25) is 0 Å². The highest BCUT2D eigenvalue weighted by Gasteiger charge is 2.19. The van der Waals surface area contributed by atoms with E-state index in [1.165, 1.54) is 19.3 Å². The molecule has 3 aromatic heterocycles. The van der Waals surface area contributed by atoms with E-state index < -0.39 is 0 Å². The fourth-order valence-electron chi connectivity index (χ4n) is 3.35. The highest BCUT2D eigenvalue weighted by atomic mass is 32.1. The summed E-state index contributed by atoms with van der Waals surface area (Å²) in [6.07, 6.45) is 5.72. The highest BCUT2D eigenvalue weighted by Crippen LogP contribution is 2.27. The first-order chi connectivity index (χ1) is 12.1. The molecule has 130 valence electrons. The van der Waals surface area contributed by atoms with Gasteiger partial charge in [-0.3, -0.25) is 4.79 Å². The van der Waals surface area contributed by atoms with Crippen molar-refractivity contribution in [3.8, 4) is 10.7 Å². The molecule has 1 aliphatic rings. The van der Waals surface area contributed by atoms with Crippen LogP contribution in [0.2, 0.25) is 0 Å². The maximum atomic E-state index is 12.6. The van der Waals surface area contributed by atoms with E-state index >= 15 is 0 Å². The molecule has 1 fully saturated rings. The molecule has 3 N–H and O–H groups in total. The number of nitrogens with two attached hydrogens (primary N) is 1. The van der Waals surface area contributed by atoms with Crippen LogP contribution >= 0.6 is 11.3 Å². The number of rotatable bonds is 3. The molecule has 6 nitrogen and oxygen atoms in total. The maximum absolute atomic E-state index is 12.6. The number of carbonyl (C=O) groups excluding carboxylic acids is 1. The molecule has 0 saturated heterocycles. The van der Waals surface area contributed by atoms with Crippen molar-refractivity contribution >= 4 is 28.7 Å². The Morgan fingerprint density at radius 2 is 2.12 bits per heavy atom. The zero-order chi connectivity index (χ0) is 17.4. The molecule has 1 amide bonds. The summed E-state index contributed by atoms with van der Waals surface area (Å²) in [5.41, 5.74) is 8.38. The van der Waals surface area contributed by atoms with Gasteiger partial charge in [0.05, 0.1) is 4.88 Å². The summed E-state index contributed by atoms with van der Waals surface area (Å²) < 4.78 is 1.59. The average Bonchev–Trinajstić information content (AvgIpc) is 3.21. The number of nitrogens with one attached hydrogen (secondary N) is 1. The van der Waals surface area contributed by atoms with Crippen LogP contribution in [0.3, 0.4) is 0 Å². The number of amides is 1. The van der Waals surface area contributed by atoms with Gasteiger partial charge in [0.1, 0.15) is 5.82 Å². The molecule has 0 bridgehead atoms. The molecular formula is C18H21N5OS. The van der Waals surface area contributed by atoms with E-state index in [9.17, 15) is 4.79 Å². The molecule has 0 atom stereocenters. The van der Waals surface area contributed by atoms with E-state index in [2.05, 4.69) is 15.4 Å². The van der Waals surface area contributed by atoms with Gasteiger partial charge in [0.25, 0.3) is 5.91 Å². The van der Waals surface area contributed by atoms with Crippen LogP contribution in [0.25, 0.3) is 16.3 Å². The smallest absolute Gasteiger partial charge is 0.251 e. The van der Waals surface area contributed by atoms with Gasteiger partial charge in [-0.15, -0.1) is 16.4 Å². The normalized spacial score (nSPS) is 15.6.